The summed E-state index contributed by atoms with van der Waals surface area (Å²) >= 11 is 17.8. The molecule has 0 amide bonds. The molecule has 0 aliphatic carbocycles. The van der Waals surface area contributed by atoms with E-state index in [1.165, 1.54) is 6.20 Å². The molecule has 3 N–H and O–H groups in total. The number of aliphatic hydroxyl groups is 1. The molecule has 1 aromatic rings. The molecular formula is C10H13Cl3N2O. The average molecular weight is 284 g/mol. The highest BCUT2D eigenvalue weighted by Crippen LogP contribution is 2.40. The minimum atomic E-state index is -0.544. The first kappa shape index (κ1) is 14.0. The number of nitrogens with two attached hydrogens (primary N) is 1. The van der Waals surface area contributed by atoms with Gasteiger partial charge in [0.05, 0.1) is 10.0 Å². The first-order valence-electron chi connectivity index (χ1n) is 4.67. The van der Waals surface area contributed by atoms with Crippen LogP contribution >= 0.6 is 34.8 Å². The van der Waals surface area contributed by atoms with Gasteiger partial charge in [-0.15, -0.1) is 0 Å². The third kappa shape index (κ3) is 2.60. The van der Waals surface area contributed by atoms with Crippen LogP contribution in [0.2, 0.25) is 15.2 Å². The summed E-state index contributed by atoms with van der Waals surface area (Å²) in [5.74, 6) is 0. The summed E-state index contributed by atoms with van der Waals surface area (Å²) in [7, 11) is 0. The fourth-order valence-corrected chi connectivity index (χ4v) is 1.96. The van der Waals surface area contributed by atoms with Crippen molar-refractivity contribution in [3.63, 3.8) is 0 Å². The molecule has 0 bridgehead atoms. The molecule has 6 heteroatoms. The molecule has 0 aliphatic rings. The Morgan fingerprint density at radius 1 is 1.44 bits per heavy atom. The molecule has 16 heavy (non-hydrogen) atoms. The third-order valence-corrected chi connectivity index (χ3v) is 3.59. The second kappa shape index (κ2) is 5.07. The molecule has 1 aromatic heterocycles. The Kier molecular flexibility index (Phi) is 4.43. The first-order valence-corrected chi connectivity index (χ1v) is 5.80. The monoisotopic (exact) mass is 282 g/mol. The summed E-state index contributed by atoms with van der Waals surface area (Å²) in [5, 5.41) is 10.0. The number of aromatic nitrogens is 1. The summed E-state index contributed by atoms with van der Waals surface area (Å²) in [6, 6.07) is -0.516. The first-order chi connectivity index (χ1) is 7.31. The fraction of sp³-hybridized carbons (Fsp3) is 0.500. The number of hydrogen-bond donors (Lipinski definition) is 2. The van der Waals surface area contributed by atoms with E-state index in [2.05, 4.69) is 4.98 Å². The predicted octanol–water partition coefficient (Wildman–Crippen LogP) is 3.06. The van der Waals surface area contributed by atoms with Gasteiger partial charge in [0.25, 0.3) is 0 Å². The smallest absolute Gasteiger partial charge is 0.148 e. The molecule has 0 aromatic carbocycles. The van der Waals surface area contributed by atoms with E-state index in [0.29, 0.717) is 10.6 Å². The highest BCUT2D eigenvalue weighted by Gasteiger charge is 2.31. The van der Waals surface area contributed by atoms with Crippen molar-refractivity contribution in [1.82, 2.24) is 4.98 Å². The topological polar surface area (TPSA) is 59.1 Å². The fourth-order valence-electron chi connectivity index (χ4n) is 1.23. The van der Waals surface area contributed by atoms with Gasteiger partial charge in [0.1, 0.15) is 5.15 Å². The van der Waals surface area contributed by atoms with Gasteiger partial charge in [-0.2, -0.15) is 0 Å². The van der Waals surface area contributed by atoms with Gasteiger partial charge >= 0.3 is 0 Å². The molecule has 1 heterocycles. The van der Waals surface area contributed by atoms with Crippen molar-refractivity contribution in [1.29, 1.82) is 0 Å². The molecule has 0 saturated carbocycles. The Morgan fingerprint density at radius 3 is 2.50 bits per heavy atom. The maximum atomic E-state index is 9.26. The Bertz CT molecular complexity index is 396. The Morgan fingerprint density at radius 2 is 2.00 bits per heavy atom. The second-order valence-electron chi connectivity index (χ2n) is 4.25. The lowest BCUT2D eigenvalue weighted by molar-refractivity contribution is 0.132. The molecule has 0 spiro atoms. The van der Waals surface area contributed by atoms with E-state index in [0.717, 1.165) is 0 Å². The van der Waals surface area contributed by atoms with Crippen LogP contribution < -0.4 is 5.73 Å². The highest BCUT2D eigenvalue weighted by molar-refractivity contribution is 6.43. The van der Waals surface area contributed by atoms with Gasteiger partial charge in [-0.25, -0.2) is 4.98 Å². The Balaban J connectivity index is 3.28. The molecule has 1 atom stereocenters. The van der Waals surface area contributed by atoms with E-state index in [4.69, 9.17) is 40.5 Å². The van der Waals surface area contributed by atoms with E-state index in [9.17, 15) is 5.11 Å². The summed E-state index contributed by atoms with van der Waals surface area (Å²) in [6.07, 6.45) is 1.40. The molecule has 3 nitrogen and oxygen atoms in total. The minimum Gasteiger partial charge on any atom is -0.396 e. The summed E-state index contributed by atoms with van der Waals surface area (Å²) in [4.78, 5) is 3.81. The molecular weight excluding hydrogens is 270 g/mol. The maximum Gasteiger partial charge on any atom is 0.148 e. The van der Waals surface area contributed by atoms with Crippen molar-refractivity contribution in [3.8, 4) is 0 Å². The Labute approximate surface area is 110 Å². The van der Waals surface area contributed by atoms with E-state index in [1.807, 2.05) is 13.8 Å². The van der Waals surface area contributed by atoms with E-state index in [1.54, 1.807) is 0 Å². The number of aliphatic hydroxyl groups excluding tert-OH is 1. The molecule has 1 rings (SSSR count). The van der Waals surface area contributed by atoms with Crippen LogP contribution in [0.15, 0.2) is 6.20 Å². The van der Waals surface area contributed by atoms with Gasteiger partial charge in [-0.1, -0.05) is 48.7 Å². The Hall–Kier alpha value is -0.0600. The van der Waals surface area contributed by atoms with Gasteiger partial charge in [-0.05, 0) is 0 Å². The molecule has 0 saturated heterocycles. The zero-order chi connectivity index (χ0) is 12.5. The zero-order valence-corrected chi connectivity index (χ0v) is 11.2. The van der Waals surface area contributed by atoms with Gasteiger partial charge in [0, 0.05) is 29.8 Å². The van der Waals surface area contributed by atoms with Crippen molar-refractivity contribution in [2.45, 2.75) is 19.9 Å². The standard InChI is InChI=1S/C10H13Cl3N2O/c1-10(2,4-16)8(14)6-5(11)3-15-9(13)7(6)12/h3,8,16H,4,14H2,1-2H3/t8-/m0/s1. The lowest BCUT2D eigenvalue weighted by Crippen LogP contribution is -2.33. The number of hydrogen-bond acceptors (Lipinski definition) is 3. The van der Waals surface area contributed by atoms with E-state index >= 15 is 0 Å². The molecule has 0 fully saturated rings. The van der Waals surface area contributed by atoms with Crippen molar-refractivity contribution in [2.24, 2.45) is 11.1 Å². The van der Waals surface area contributed by atoms with Crippen molar-refractivity contribution in [3.05, 3.63) is 27.0 Å². The van der Waals surface area contributed by atoms with Crippen LogP contribution in [0.4, 0.5) is 0 Å². The van der Waals surface area contributed by atoms with Gasteiger partial charge in [0.15, 0.2) is 0 Å². The second-order valence-corrected chi connectivity index (χ2v) is 5.39. The van der Waals surface area contributed by atoms with E-state index < -0.39 is 11.5 Å². The molecule has 0 unspecified atom stereocenters. The maximum absolute atomic E-state index is 9.26. The van der Waals surface area contributed by atoms with Gasteiger partial charge in [-0.3, -0.25) is 0 Å². The van der Waals surface area contributed by atoms with Gasteiger partial charge < -0.3 is 10.8 Å². The zero-order valence-electron chi connectivity index (χ0n) is 8.97. The lowest BCUT2D eigenvalue weighted by atomic mass is 9.82. The SMILES string of the molecule is CC(C)(CO)[C@@H](N)c1c(Cl)cnc(Cl)c1Cl. The lowest BCUT2D eigenvalue weighted by Gasteiger charge is -2.30. The van der Waals surface area contributed by atoms with Crippen LogP contribution in [0.5, 0.6) is 0 Å². The molecule has 90 valence electrons. The van der Waals surface area contributed by atoms with E-state index in [-0.39, 0.29) is 16.8 Å². The van der Waals surface area contributed by atoms with Crippen LogP contribution in [0.3, 0.4) is 0 Å². The number of halogens is 3. The normalized spacial score (nSPS) is 13.9. The summed E-state index contributed by atoms with van der Waals surface area (Å²) < 4.78 is 0. The van der Waals surface area contributed by atoms with Crippen LogP contribution in [0.1, 0.15) is 25.5 Å². The van der Waals surface area contributed by atoms with Crippen LogP contribution in [0.25, 0.3) is 0 Å². The van der Waals surface area contributed by atoms with Crippen LogP contribution in [-0.2, 0) is 0 Å². The highest BCUT2D eigenvalue weighted by atomic mass is 35.5. The number of pyridine rings is 1. The largest absolute Gasteiger partial charge is 0.396 e. The summed E-state index contributed by atoms with van der Waals surface area (Å²) in [6.45, 7) is 3.55. The molecule has 0 aliphatic heterocycles. The minimum absolute atomic E-state index is 0.0826. The van der Waals surface area contributed by atoms with Gasteiger partial charge in [0.2, 0.25) is 0 Å². The van der Waals surface area contributed by atoms with Crippen molar-refractivity contribution in [2.75, 3.05) is 6.61 Å². The van der Waals surface area contributed by atoms with Crippen LogP contribution in [-0.4, -0.2) is 16.7 Å². The van der Waals surface area contributed by atoms with Crippen molar-refractivity contribution < 1.29 is 5.11 Å². The average Bonchev–Trinajstić information content (AvgIpc) is 2.24. The summed E-state index contributed by atoms with van der Waals surface area (Å²) in [5.41, 5.74) is 6.01. The number of rotatable bonds is 3. The third-order valence-electron chi connectivity index (χ3n) is 2.53. The molecule has 0 radical (unpaired) electrons. The van der Waals surface area contributed by atoms with Crippen LogP contribution in [0, 0.1) is 5.41 Å². The number of nitrogens with zero attached hydrogens (tertiary/aromatic N) is 1. The quantitative estimate of drug-likeness (QED) is 0.838. The van der Waals surface area contributed by atoms with Crippen molar-refractivity contribution >= 4 is 34.8 Å². The predicted molar refractivity (Wildman–Crippen MR) is 67.1 cm³/mol.